The smallest absolute Gasteiger partial charge is 0.408 e. The van der Waals surface area contributed by atoms with Gasteiger partial charge in [-0.25, -0.2) is 4.79 Å². The van der Waals surface area contributed by atoms with E-state index >= 15 is 0 Å². The van der Waals surface area contributed by atoms with Crippen LogP contribution in [0.1, 0.15) is 36.7 Å². The predicted molar refractivity (Wildman–Crippen MR) is 95.1 cm³/mol. The third-order valence-corrected chi connectivity index (χ3v) is 3.33. The highest BCUT2D eigenvalue weighted by molar-refractivity contribution is 5.75. The summed E-state index contributed by atoms with van der Waals surface area (Å²) >= 11 is 0. The van der Waals surface area contributed by atoms with E-state index in [9.17, 15) is 9.59 Å². The first kappa shape index (κ1) is 17.7. The fraction of sp³-hybridized carbons (Fsp3) is 0.300. The molecule has 1 N–H and O–H groups in total. The predicted octanol–water partition coefficient (Wildman–Crippen LogP) is 3.99. The van der Waals surface area contributed by atoms with Crippen LogP contribution in [0.3, 0.4) is 0 Å². The summed E-state index contributed by atoms with van der Waals surface area (Å²) in [6.45, 7) is 5.50. The molecule has 1 atom stereocenters. The van der Waals surface area contributed by atoms with Crippen molar-refractivity contribution in [3.63, 3.8) is 0 Å². The van der Waals surface area contributed by atoms with Gasteiger partial charge in [-0.3, -0.25) is 4.79 Å². The average molecular weight is 325 g/mol. The van der Waals surface area contributed by atoms with Crippen molar-refractivity contribution in [3.8, 4) is 0 Å². The van der Waals surface area contributed by atoms with Crippen molar-refractivity contribution in [2.75, 3.05) is 0 Å². The first-order valence-corrected chi connectivity index (χ1v) is 7.95. The average Bonchev–Trinajstić information content (AvgIpc) is 2.71. The molecule has 4 heteroatoms. The van der Waals surface area contributed by atoms with Crippen molar-refractivity contribution >= 4 is 12.4 Å². The van der Waals surface area contributed by atoms with Crippen LogP contribution in [0.5, 0.6) is 0 Å². The Hall–Kier alpha value is -2.62. The topological polar surface area (TPSA) is 55.4 Å². The van der Waals surface area contributed by atoms with Gasteiger partial charge in [-0.2, -0.15) is 0 Å². The SMILES string of the molecule is CC(C)(C)OC(=O)NC1C=CC=C(Cc2cccc(C=O)c2)C=C1. The van der Waals surface area contributed by atoms with Crippen LogP contribution in [0.15, 0.2) is 60.2 Å². The molecular weight excluding hydrogens is 302 g/mol. The number of alkyl carbamates (subject to hydrolysis) is 1. The quantitative estimate of drug-likeness (QED) is 0.852. The number of benzene rings is 1. The molecule has 0 saturated carbocycles. The van der Waals surface area contributed by atoms with Crippen molar-refractivity contribution in [1.82, 2.24) is 5.32 Å². The van der Waals surface area contributed by atoms with E-state index in [2.05, 4.69) is 5.32 Å². The summed E-state index contributed by atoms with van der Waals surface area (Å²) < 4.78 is 5.26. The summed E-state index contributed by atoms with van der Waals surface area (Å²) in [7, 11) is 0. The largest absolute Gasteiger partial charge is 0.444 e. The molecule has 1 aliphatic carbocycles. The zero-order chi connectivity index (χ0) is 17.6. The Labute approximate surface area is 142 Å². The van der Waals surface area contributed by atoms with Gasteiger partial charge in [-0.1, -0.05) is 48.6 Å². The van der Waals surface area contributed by atoms with Gasteiger partial charge in [0.2, 0.25) is 0 Å². The van der Waals surface area contributed by atoms with Gasteiger partial charge in [0.1, 0.15) is 11.9 Å². The minimum absolute atomic E-state index is 0.213. The zero-order valence-electron chi connectivity index (χ0n) is 14.3. The Morgan fingerprint density at radius 2 is 2.08 bits per heavy atom. The summed E-state index contributed by atoms with van der Waals surface area (Å²) in [4.78, 5) is 22.7. The molecular formula is C20H23NO3. The van der Waals surface area contributed by atoms with Gasteiger partial charge in [0.15, 0.2) is 0 Å². The monoisotopic (exact) mass is 325 g/mol. The van der Waals surface area contributed by atoms with E-state index in [4.69, 9.17) is 4.74 Å². The van der Waals surface area contributed by atoms with Crippen LogP contribution < -0.4 is 5.32 Å². The molecule has 0 radical (unpaired) electrons. The normalized spacial score (nSPS) is 17.0. The van der Waals surface area contributed by atoms with Crippen LogP contribution in [-0.4, -0.2) is 24.0 Å². The maximum Gasteiger partial charge on any atom is 0.408 e. The first-order valence-electron chi connectivity index (χ1n) is 7.95. The van der Waals surface area contributed by atoms with Gasteiger partial charge >= 0.3 is 6.09 Å². The summed E-state index contributed by atoms with van der Waals surface area (Å²) in [5, 5.41) is 2.80. The second kappa shape index (κ2) is 7.77. The maximum absolute atomic E-state index is 11.8. The maximum atomic E-state index is 11.8. The van der Waals surface area contributed by atoms with Crippen molar-refractivity contribution in [2.45, 2.75) is 38.8 Å². The molecule has 1 aliphatic rings. The van der Waals surface area contributed by atoms with Gasteiger partial charge in [-0.15, -0.1) is 0 Å². The number of aldehydes is 1. The summed E-state index contributed by atoms with van der Waals surface area (Å²) in [6, 6.07) is 7.33. The van der Waals surface area contributed by atoms with Crippen molar-refractivity contribution in [2.24, 2.45) is 0 Å². The highest BCUT2D eigenvalue weighted by Crippen LogP contribution is 2.14. The van der Waals surface area contributed by atoms with Gasteiger partial charge < -0.3 is 10.1 Å². The van der Waals surface area contributed by atoms with Gasteiger partial charge in [0, 0.05) is 5.56 Å². The summed E-state index contributed by atoms with van der Waals surface area (Å²) in [5.74, 6) is 0. The number of hydrogen-bond donors (Lipinski definition) is 1. The molecule has 1 unspecified atom stereocenters. The van der Waals surface area contributed by atoms with Crippen molar-refractivity contribution in [1.29, 1.82) is 0 Å². The van der Waals surface area contributed by atoms with Crippen molar-refractivity contribution < 1.29 is 14.3 Å². The van der Waals surface area contributed by atoms with Gasteiger partial charge in [0.05, 0.1) is 6.04 Å². The molecule has 4 nitrogen and oxygen atoms in total. The summed E-state index contributed by atoms with van der Waals surface area (Å²) in [5.41, 5.74) is 2.32. The van der Waals surface area contributed by atoms with Crippen LogP contribution in [0.2, 0.25) is 0 Å². The Balaban J connectivity index is 1.97. The van der Waals surface area contributed by atoms with Crippen LogP contribution in [-0.2, 0) is 11.2 Å². The van der Waals surface area contributed by atoms with E-state index in [0.29, 0.717) is 5.56 Å². The Morgan fingerprint density at radius 3 is 2.79 bits per heavy atom. The van der Waals surface area contributed by atoms with Crippen LogP contribution in [0.25, 0.3) is 0 Å². The fourth-order valence-electron chi connectivity index (χ4n) is 2.32. The lowest BCUT2D eigenvalue weighted by molar-refractivity contribution is 0.0522. The lowest BCUT2D eigenvalue weighted by Crippen LogP contribution is -2.37. The highest BCUT2D eigenvalue weighted by atomic mass is 16.6. The van der Waals surface area contributed by atoms with E-state index in [1.807, 2.05) is 69.4 Å². The number of carbonyl (C=O) groups is 2. The molecule has 2 rings (SSSR count). The molecule has 1 aromatic rings. The van der Waals surface area contributed by atoms with E-state index in [-0.39, 0.29) is 6.04 Å². The lowest BCUT2D eigenvalue weighted by Gasteiger charge is -2.21. The second-order valence-corrected chi connectivity index (χ2v) is 6.70. The van der Waals surface area contributed by atoms with E-state index in [0.717, 1.165) is 23.8 Å². The minimum Gasteiger partial charge on any atom is -0.444 e. The Morgan fingerprint density at radius 1 is 1.29 bits per heavy atom. The molecule has 0 heterocycles. The van der Waals surface area contributed by atoms with Crippen molar-refractivity contribution in [3.05, 3.63) is 71.3 Å². The number of carbonyl (C=O) groups excluding carboxylic acids is 2. The molecule has 1 aromatic carbocycles. The standard InChI is InChI=1S/C20H23NO3/c1-20(2,3)24-19(23)21-18-9-5-6-15(10-11-18)12-16-7-4-8-17(13-16)14-22/h4-11,13-14,18H,12H2,1-3H3,(H,21,23). The van der Waals surface area contributed by atoms with E-state index < -0.39 is 11.7 Å². The Bertz CT molecular complexity index is 693. The lowest BCUT2D eigenvalue weighted by atomic mass is 10.0. The molecule has 0 bridgehead atoms. The van der Waals surface area contributed by atoms with Crippen LogP contribution in [0, 0.1) is 0 Å². The molecule has 24 heavy (non-hydrogen) atoms. The van der Waals surface area contributed by atoms with Gasteiger partial charge in [-0.05, 0) is 44.4 Å². The van der Waals surface area contributed by atoms with E-state index in [1.54, 1.807) is 6.07 Å². The number of allylic oxidation sites excluding steroid dienone is 4. The molecule has 0 fully saturated rings. The van der Waals surface area contributed by atoms with E-state index in [1.165, 1.54) is 0 Å². The number of hydrogen-bond acceptors (Lipinski definition) is 3. The second-order valence-electron chi connectivity index (χ2n) is 6.70. The minimum atomic E-state index is -0.519. The highest BCUT2D eigenvalue weighted by Gasteiger charge is 2.17. The Kier molecular flexibility index (Phi) is 5.74. The van der Waals surface area contributed by atoms with Gasteiger partial charge in [0.25, 0.3) is 0 Å². The zero-order valence-corrected chi connectivity index (χ0v) is 14.3. The summed E-state index contributed by atoms with van der Waals surface area (Å²) in [6.07, 6.45) is 10.8. The third kappa shape index (κ3) is 5.88. The van der Waals surface area contributed by atoms with Crippen LogP contribution in [0.4, 0.5) is 4.79 Å². The first-order chi connectivity index (χ1) is 11.4. The molecule has 0 aromatic heterocycles. The third-order valence-electron chi connectivity index (χ3n) is 3.33. The molecule has 0 saturated heterocycles. The number of amides is 1. The number of rotatable bonds is 4. The molecule has 0 spiro atoms. The van der Waals surface area contributed by atoms with Crippen LogP contribution >= 0.6 is 0 Å². The fourth-order valence-corrected chi connectivity index (χ4v) is 2.32. The molecule has 1 amide bonds. The number of nitrogens with one attached hydrogen (secondary N) is 1. The molecule has 126 valence electrons. The molecule has 0 aliphatic heterocycles. The number of ether oxygens (including phenoxy) is 1.